The number of halogens is 7. The third-order valence-electron chi connectivity index (χ3n) is 5.77. The first-order chi connectivity index (χ1) is 11.4. The summed E-state index contributed by atoms with van der Waals surface area (Å²) in [7, 11) is 0. The van der Waals surface area contributed by atoms with Crippen LogP contribution >= 0.6 is 11.6 Å². The summed E-state index contributed by atoms with van der Waals surface area (Å²) in [5.41, 5.74) is -4.94. The molecule has 2 fully saturated rings. The van der Waals surface area contributed by atoms with Crippen molar-refractivity contribution in [2.24, 2.45) is 29.6 Å². The van der Waals surface area contributed by atoms with Gasteiger partial charge in [-0.05, 0) is 30.6 Å². The fourth-order valence-electron chi connectivity index (χ4n) is 4.81. The Hall–Kier alpha value is -0.960. The molecule has 0 heterocycles. The molecule has 1 N–H and O–H groups in total. The van der Waals surface area contributed by atoms with Crippen LogP contribution in [0.25, 0.3) is 0 Å². The maximum atomic E-state index is 13.3. The molecule has 142 valence electrons. The van der Waals surface area contributed by atoms with Crippen LogP contribution in [0.1, 0.15) is 12.8 Å². The minimum absolute atomic E-state index is 0.164. The Bertz CT molecular complexity index is 573. The molecule has 2 bridgehead atoms. The molecule has 2 saturated carbocycles. The predicted molar refractivity (Wildman–Crippen MR) is 73.5 cm³/mol. The Kier molecular flexibility index (Phi) is 4.34. The number of ether oxygens (including phenoxy) is 1. The first-order valence-corrected chi connectivity index (χ1v) is 8.25. The van der Waals surface area contributed by atoms with Gasteiger partial charge in [0.15, 0.2) is 0 Å². The van der Waals surface area contributed by atoms with E-state index in [1.807, 2.05) is 0 Å². The second kappa shape index (κ2) is 5.77. The summed E-state index contributed by atoms with van der Waals surface area (Å²) in [6.45, 7) is 0. The van der Waals surface area contributed by atoms with Crippen molar-refractivity contribution in [3.8, 4) is 0 Å². The largest absolute Gasteiger partial charge is 0.461 e. The smallest absolute Gasteiger partial charge is 0.426 e. The molecule has 3 rings (SSSR count). The highest BCUT2D eigenvalue weighted by atomic mass is 35.5. The molecule has 0 radical (unpaired) electrons. The van der Waals surface area contributed by atoms with Crippen LogP contribution in [0.4, 0.5) is 26.3 Å². The number of fused-ring (bicyclic) bond motifs is 5. The molecule has 10 heteroatoms. The van der Waals surface area contributed by atoms with Gasteiger partial charge in [-0.2, -0.15) is 26.3 Å². The van der Waals surface area contributed by atoms with Gasteiger partial charge in [0.1, 0.15) is 12.0 Å². The standard InChI is InChI=1S/C15H15ClF6O3/c16-5-10(23)25-12-9(13(24,14(17,18)19)15(20,21)22)4-8-6-1-2-7(3-6)11(8)12/h1-2,6-9,11-12,24H,3-5H2. The van der Waals surface area contributed by atoms with E-state index in [0.29, 0.717) is 6.42 Å². The Morgan fingerprint density at radius 1 is 1.08 bits per heavy atom. The summed E-state index contributed by atoms with van der Waals surface area (Å²) in [6, 6.07) is 0. The molecular weight excluding hydrogens is 378 g/mol. The Morgan fingerprint density at radius 2 is 1.64 bits per heavy atom. The molecule has 3 nitrogen and oxygen atoms in total. The number of carbonyl (C=O) groups is 1. The van der Waals surface area contributed by atoms with Crippen LogP contribution in [0.3, 0.4) is 0 Å². The van der Waals surface area contributed by atoms with Crippen molar-refractivity contribution in [1.29, 1.82) is 0 Å². The molecule has 25 heavy (non-hydrogen) atoms. The van der Waals surface area contributed by atoms with Crippen LogP contribution in [0.2, 0.25) is 0 Å². The van der Waals surface area contributed by atoms with E-state index in [4.69, 9.17) is 16.3 Å². The van der Waals surface area contributed by atoms with Gasteiger partial charge in [0.25, 0.3) is 5.60 Å². The molecule has 0 aromatic heterocycles. The highest BCUT2D eigenvalue weighted by Crippen LogP contribution is 2.63. The second-order valence-electron chi connectivity index (χ2n) is 6.88. The van der Waals surface area contributed by atoms with Crippen LogP contribution in [0, 0.1) is 29.6 Å². The Labute approximate surface area is 144 Å². The number of aliphatic hydroxyl groups is 1. The summed E-state index contributed by atoms with van der Waals surface area (Å²) in [5.74, 6) is -5.72. The van der Waals surface area contributed by atoms with Crippen LogP contribution < -0.4 is 0 Å². The van der Waals surface area contributed by atoms with Gasteiger partial charge in [-0.25, -0.2) is 0 Å². The topological polar surface area (TPSA) is 46.5 Å². The molecule has 0 aromatic carbocycles. The maximum Gasteiger partial charge on any atom is 0.426 e. The average molecular weight is 393 g/mol. The number of rotatable bonds is 3. The lowest BCUT2D eigenvalue weighted by Crippen LogP contribution is -2.64. The van der Waals surface area contributed by atoms with Gasteiger partial charge >= 0.3 is 18.3 Å². The number of hydrogen-bond acceptors (Lipinski definition) is 3. The third-order valence-corrected chi connectivity index (χ3v) is 5.99. The van der Waals surface area contributed by atoms with Crippen molar-refractivity contribution in [3.63, 3.8) is 0 Å². The lowest BCUT2D eigenvalue weighted by Gasteiger charge is -2.40. The number of hydrogen-bond donors (Lipinski definition) is 1. The van der Waals surface area contributed by atoms with E-state index in [1.165, 1.54) is 0 Å². The summed E-state index contributed by atoms with van der Waals surface area (Å²) in [4.78, 5) is 11.5. The van der Waals surface area contributed by atoms with Gasteiger partial charge in [-0.3, -0.25) is 4.79 Å². The molecule has 0 aliphatic heterocycles. The van der Waals surface area contributed by atoms with Crippen molar-refractivity contribution in [3.05, 3.63) is 12.2 Å². The molecule has 3 aliphatic rings. The Morgan fingerprint density at radius 3 is 2.16 bits per heavy atom. The van der Waals surface area contributed by atoms with Crippen LogP contribution in [-0.2, 0) is 9.53 Å². The highest BCUT2D eigenvalue weighted by molar-refractivity contribution is 6.26. The lowest BCUT2D eigenvalue weighted by atomic mass is 9.80. The zero-order valence-electron chi connectivity index (χ0n) is 12.6. The predicted octanol–water partition coefficient (Wildman–Crippen LogP) is 3.45. The Balaban J connectivity index is 2.02. The SMILES string of the molecule is O=C(CCl)OC1C2C3C=CC(C3)C2CC1C(O)(C(F)(F)F)C(F)(F)F. The highest BCUT2D eigenvalue weighted by Gasteiger charge is 2.78. The van der Waals surface area contributed by atoms with Crippen LogP contribution in [0.15, 0.2) is 12.2 Å². The number of esters is 1. The van der Waals surface area contributed by atoms with Gasteiger partial charge < -0.3 is 9.84 Å². The van der Waals surface area contributed by atoms with Gasteiger partial charge in [-0.1, -0.05) is 12.2 Å². The summed E-state index contributed by atoms with van der Waals surface area (Å²) in [6.07, 6.45) is -10.0. The van der Waals surface area contributed by atoms with E-state index in [2.05, 4.69) is 0 Å². The minimum atomic E-state index is -5.95. The van der Waals surface area contributed by atoms with Crippen molar-refractivity contribution in [2.45, 2.75) is 36.9 Å². The van der Waals surface area contributed by atoms with Crippen molar-refractivity contribution in [2.75, 3.05) is 5.88 Å². The van der Waals surface area contributed by atoms with E-state index in [0.717, 1.165) is 0 Å². The van der Waals surface area contributed by atoms with Crippen molar-refractivity contribution >= 4 is 17.6 Å². The monoisotopic (exact) mass is 392 g/mol. The molecule has 6 atom stereocenters. The van der Waals surface area contributed by atoms with E-state index in [-0.39, 0.29) is 11.8 Å². The summed E-state index contributed by atoms with van der Waals surface area (Å²) in [5, 5.41) is 9.79. The summed E-state index contributed by atoms with van der Waals surface area (Å²) < 4.78 is 84.6. The fraction of sp³-hybridized carbons (Fsp3) is 0.800. The molecule has 3 aliphatic carbocycles. The third kappa shape index (κ3) is 2.65. The van der Waals surface area contributed by atoms with Gasteiger partial charge in [0.2, 0.25) is 0 Å². The van der Waals surface area contributed by atoms with Crippen LogP contribution in [0.5, 0.6) is 0 Å². The van der Waals surface area contributed by atoms with Crippen LogP contribution in [-0.4, -0.2) is 41.0 Å². The second-order valence-corrected chi connectivity index (χ2v) is 7.15. The molecule has 0 spiro atoms. The first-order valence-electron chi connectivity index (χ1n) is 7.71. The maximum absolute atomic E-state index is 13.3. The van der Waals surface area contributed by atoms with Crippen molar-refractivity contribution in [1.82, 2.24) is 0 Å². The normalized spacial score (nSPS) is 37.4. The number of alkyl halides is 7. The zero-order chi connectivity index (χ0) is 18.8. The first kappa shape index (κ1) is 18.8. The van der Waals surface area contributed by atoms with E-state index in [9.17, 15) is 36.2 Å². The molecule has 0 saturated heterocycles. The van der Waals surface area contributed by atoms with E-state index < -0.39 is 60.1 Å². The molecule has 6 unspecified atom stereocenters. The molecular formula is C15H15ClF6O3. The molecule has 0 aromatic rings. The summed E-state index contributed by atoms with van der Waals surface area (Å²) >= 11 is 5.30. The van der Waals surface area contributed by atoms with Gasteiger partial charge in [0, 0.05) is 11.8 Å². The lowest BCUT2D eigenvalue weighted by molar-refractivity contribution is -0.390. The van der Waals surface area contributed by atoms with E-state index in [1.54, 1.807) is 12.2 Å². The number of carbonyl (C=O) groups excluding carboxylic acids is 1. The van der Waals surface area contributed by atoms with Gasteiger partial charge in [-0.15, -0.1) is 11.6 Å². The molecule has 0 amide bonds. The van der Waals surface area contributed by atoms with Crippen molar-refractivity contribution < 1.29 is 41.0 Å². The van der Waals surface area contributed by atoms with Gasteiger partial charge in [0.05, 0.1) is 0 Å². The quantitative estimate of drug-likeness (QED) is 0.346. The fourth-order valence-corrected chi connectivity index (χ4v) is 4.87. The zero-order valence-corrected chi connectivity index (χ0v) is 13.4. The van der Waals surface area contributed by atoms with E-state index >= 15 is 0 Å². The average Bonchev–Trinajstić information content (AvgIpc) is 3.16. The number of allylic oxidation sites excluding steroid dienone is 2. The minimum Gasteiger partial charge on any atom is -0.461 e.